The summed E-state index contributed by atoms with van der Waals surface area (Å²) in [7, 11) is 0. The molecule has 0 amide bonds. The fraction of sp³-hybridized carbons (Fsp3) is 0.381. The molecule has 2 heterocycles. The fourth-order valence-electron chi connectivity index (χ4n) is 3.26. The van der Waals surface area contributed by atoms with E-state index in [2.05, 4.69) is 67.5 Å². The van der Waals surface area contributed by atoms with Crippen LogP contribution in [0.4, 0.5) is 0 Å². The lowest BCUT2D eigenvalue weighted by Crippen LogP contribution is -2.05. The molecule has 3 rings (SSSR count). The second kappa shape index (κ2) is 6.68. The van der Waals surface area contributed by atoms with Crippen molar-refractivity contribution in [2.24, 2.45) is 0 Å². The molecule has 0 aliphatic heterocycles. The van der Waals surface area contributed by atoms with Crippen LogP contribution in [0.1, 0.15) is 47.5 Å². The highest BCUT2D eigenvalue weighted by Gasteiger charge is 2.13. The predicted octanol–water partition coefficient (Wildman–Crippen LogP) is 4.96. The quantitative estimate of drug-likeness (QED) is 0.663. The summed E-state index contributed by atoms with van der Waals surface area (Å²) in [4.78, 5) is 4.69. The molecule has 0 radical (unpaired) electrons. The second-order valence-corrected chi connectivity index (χ2v) is 6.41. The van der Waals surface area contributed by atoms with Crippen LogP contribution in [-0.4, -0.2) is 9.38 Å². The number of aromatic nitrogens is 2. The van der Waals surface area contributed by atoms with Crippen molar-refractivity contribution < 1.29 is 4.74 Å². The third-order valence-electron chi connectivity index (χ3n) is 4.80. The number of hydrogen-bond donors (Lipinski definition) is 0. The average molecular weight is 322 g/mol. The van der Waals surface area contributed by atoms with Gasteiger partial charge in [-0.25, -0.2) is 4.98 Å². The summed E-state index contributed by atoms with van der Waals surface area (Å²) in [5.74, 6) is 0.860. The van der Waals surface area contributed by atoms with Gasteiger partial charge in [0.1, 0.15) is 6.61 Å². The van der Waals surface area contributed by atoms with E-state index in [1.54, 1.807) is 0 Å². The van der Waals surface area contributed by atoms with Crippen LogP contribution in [0.15, 0.2) is 30.5 Å². The van der Waals surface area contributed by atoms with Gasteiger partial charge in [-0.15, -0.1) is 0 Å². The van der Waals surface area contributed by atoms with Crippen LogP contribution in [0.25, 0.3) is 5.65 Å². The molecule has 0 aliphatic rings. The highest BCUT2D eigenvalue weighted by molar-refractivity contribution is 5.57. The monoisotopic (exact) mass is 322 g/mol. The van der Waals surface area contributed by atoms with Gasteiger partial charge in [-0.1, -0.05) is 32.0 Å². The van der Waals surface area contributed by atoms with Crippen LogP contribution < -0.4 is 4.74 Å². The number of rotatable bonds is 5. The van der Waals surface area contributed by atoms with Crippen molar-refractivity contribution in [2.75, 3.05) is 0 Å². The molecule has 0 saturated heterocycles. The van der Waals surface area contributed by atoms with E-state index in [1.165, 1.54) is 27.9 Å². The highest BCUT2D eigenvalue weighted by Crippen LogP contribution is 2.26. The standard InChI is InChI=1S/C21H26N2O/c1-6-17-9-8-10-18(7-2)19(17)13-24-20-11-14(3)12-23-16(5)15(4)22-21(20)23/h8-12H,6-7,13H2,1-5H3. The summed E-state index contributed by atoms with van der Waals surface area (Å²) in [6.45, 7) is 11.2. The SMILES string of the molecule is CCc1cccc(CC)c1COc1cc(C)cn2c(C)c(C)nc12. The van der Waals surface area contributed by atoms with Crippen molar-refractivity contribution in [2.45, 2.75) is 54.1 Å². The van der Waals surface area contributed by atoms with E-state index in [0.717, 1.165) is 29.9 Å². The zero-order chi connectivity index (χ0) is 17.3. The van der Waals surface area contributed by atoms with Crippen LogP contribution in [0.3, 0.4) is 0 Å². The van der Waals surface area contributed by atoms with Gasteiger partial charge < -0.3 is 9.14 Å². The van der Waals surface area contributed by atoms with Crippen molar-refractivity contribution >= 4 is 5.65 Å². The second-order valence-electron chi connectivity index (χ2n) is 6.41. The molecule has 0 bridgehead atoms. The van der Waals surface area contributed by atoms with E-state index in [9.17, 15) is 0 Å². The summed E-state index contributed by atoms with van der Waals surface area (Å²) in [6.07, 6.45) is 4.17. The maximum Gasteiger partial charge on any atom is 0.180 e. The van der Waals surface area contributed by atoms with Crippen molar-refractivity contribution in [3.8, 4) is 5.75 Å². The summed E-state index contributed by atoms with van der Waals surface area (Å²) >= 11 is 0. The molecule has 1 aromatic carbocycles. The van der Waals surface area contributed by atoms with E-state index in [4.69, 9.17) is 4.74 Å². The number of ether oxygens (including phenoxy) is 1. The van der Waals surface area contributed by atoms with Gasteiger partial charge in [0.05, 0.1) is 5.69 Å². The average Bonchev–Trinajstić information content (AvgIpc) is 2.87. The molecule has 0 N–H and O–H groups in total. The molecule has 0 atom stereocenters. The molecule has 0 unspecified atom stereocenters. The number of nitrogens with zero attached hydrogens (tertiary/aromatic N) is 2. The maximum absolute atomic E-state index is 6.26. The maximum atomic E-state index is 6.26. The lowest BCUT2D eigenvalue weighted by Gasteiger charge is -2.15. The first kappa shape index (κ1) is 16.6. The first-order valence-corrected chi connectivity index (χ1v) is 8.73. The third-order valence-corrected chi connectivity index (χ3v) is 4.80. The van der Waals surface area contributed by atoms with Crippen LogP contribution in [0, 0.1) is 20.8 Å². The topological polar surface area (TPSA) is 26.5 Å². The molecular weight excluding hydrogens is 296 g/mol. The smallest absolute Gasteiger partial charge is 0.180 e. The minimum absolute atomic E-state index is 0.594. The summed E-state index contributed by atoms with van der Waals surface area (Å²) in [5.41, 5.74) is 8.36. The molecule has 0 saturated carbocycles. The number of imidazole rings is 1. The number of pyridine rings is 1. The van der Waals surface area contributed by atoms with Gasteiger partial charge in [-0.2, -0.15) is 0 Å². The Kier molecular flexibility index (Phi) is 4.61. The van der Waals surface area contributed by atoms with Crippen molar-refractivity contribution in [1.82, 2.24) is 9.38 Å². The lowest BCUT2D eigenvalue weighted by atomic mass is 9.98. The van der Waals surface area contributed by atoms with Gasteiger partial charge in [0.2, 0.25) is 0 Å². The van der Waals surface area contributed by atoms with Gasteiger partial charge in [-0.3, -0.25) is 0 Å². The van der Waals surface area contributed by atoms with Crippen LogP contribution in [0.2, 0.25) is 0 Å². The van der Waals surface area contributed by atoms with Gasteiger partial charge >= 0.3 is 0 Å². The number of fused-ring (bicyclic) bond motifs is 1. The molecule has 3 nitrogen and oxygen atoms in total. The Hall–Kier alpha value is -2.29. The fourth-order valence-corrected chi connectivity index (χ4v) is 3.26. The molecule has 24 heavy (non-hydrogen) atoms. The van der Waals surface area contributed by atoms with Crippen LogP contribution >= 0.6 is 0 Å². The van der Waals surface area contributed by atoms with E-state index in [0.29, 0.717) is 6.61 Å². The van der Waals surface area contributed by atoms with Crippen molar-refractivity contribution in [3.05, 3.63) is 64.1 Å². The molecule has 3 heteroatoms. The minimum atomic E-state index is 0.594. The van der Waals surface area contributed by atoms with E-state index < -0.39 is 0 Å². The molecule has 3 aromatic rings. The minimum Gasteiger partial charge on any atom is -0.485 e. The Morgan fingerprint density at radius 2 is 1.71 bits per heavy atom. The first-order valence-electron chi connectivity index (χ1n) is 8.73. The van der Waals surface area contributed by atoms with E-state index in [1.807, 2.05) is 6.92 Å². The molecule has 2 aromatic heterocycles. The third kappa shape index (κ3) is 2.91. The number of benzene rings is 1. The molecule has 0 aliphatic carbocycles. The van der Waals surface area contributed by atoms with Gasteiger partial charge in [0, 0.05) is 11.9 Å². The molecule has 0 fully saturated rings. The van der Waals surface area contributed by atoms with Crippen molar-refractivity contribution in [1.29, 1.82) is 0 Å². The normalized spacial score (nSPS) is 11.2. The summed E-state index contributed by atoms with van der Waals surface area (Å²) in [5, 5.41) is 0. The number of aryl methyl sites for hydroxylation is 5. The first-order chi connectivity index (χ1) is 11.5. The molecule has 126 valence electrons. The highest BCUT2D eigenvalue weighted by atomic mass is 16.5. The molecular formula is C21H26N2O. The Balaban J connectivity index is 1.99. The summed E-state index contributed by atoms with van der Waals surface area (Å²) in [6, 6.07) is 8.63. The van der Waals surface area contributed by atoms with Crippen molar-refractivity contribution in [3.63, 3.8) is 0 Å². The van der Waals surface area contributed by atoms with Crippen LogP contribution in [0.5, 0.6) is 5.75 Å². The Bertz CT molecular complexity index is 855. The van der Waals surface area contributed by atoms with Crippen LogP contribution in [-0.2, 0) is 19.4 Å². The largest absolute Gasteiger partial charge is 0.485 e. The van der Waals surface area contributed by atoms with Gasteiger partial charge in [0.25, 0.3) is 0 Å². The Morgan fingerprint density at radius 3 is 2.33 bits per heavy atom. The zero-order valence-corrected chi connectivity index (χ0v) is 15.3. The Morgan fingerprint density at radius 1 is 1.04 bits per heavy atom. The number of hydrogen-bond acceptors (Lipinski definition) is 2. The van der Waals surface area contributed by atoms with Gasteiger partial charge in [-0.05, 0) is 61.9 Å². The Labute approximate surface area is 144 Å². The van der Waals surface area contributed by atoms with E-state index in [-0.39, 0.29) is 0 Å². The molecule has 0 spiro atoms. The lowest BCUT2D eigenvalue weighted by molar-refractivity contribution is 0.305. The van der Waals surface area contributed by atoms with E-state index >= 15 is 0 Å². The zero-order valence-electron chi connectivity index (χ0n) is 15.3. The summed E-state index contributed by atoms with van der Waals surface area (Å²) < 4.78 is 8.39. The van der Waals surface area contributed by atoms with Gasteiger partial charge in [0.15, 0.2) is 11.4 Å². The predicted molar refractivity (Wildman–Crippen MR) is 98.9 cm³/mol.